The number of sulfonamides is 1. The van der Waals surface area contributed by atoms with Gasteiger partial charge in [-0.3, -0.25) is 9.78 Å². The van der Waals surface area contributed by atoms with E-state index in [1.807, 2.05) is 25.4 Å². The number of nitrogens with one attached hydrogen (secondary N) is 1. The molecular formula is C26H36ClN3O3S. The van der Waals surface area contributed by atoms with E-state index in [0.29, 0.717) is 24.2 Å². The molecule has 0 amide bonds. The molecule has 1 saturated carbocycles. The lowest BCUT2D eigenvalue weighted by atomic mass is 9.61. The zero-order valence-corrected chi connectivity index (χ0v) is 22.6. The third-order valence-electron chi connectivity index (χ3n) is 6.56. The lowest BCUT2D eigenvalue weighted by molar-refractivity contribution is -0.0172. The van der Waals surface area contributed by atoms with Crippen molar-refractivity contribution in [2.75, 3.05) is 24.2 Å². The summed E-state index contributed by atoms with van der Waals surface area (Å²) >= 11 is 5.92. The van der Waals surface area contributed by atoms with Crippen LogP contribution in [0, 0.1) is 12.3 Å². The van der Waals surface area contributed by atoms with Crippen molar-refractivity contribution in [1.82, 2.24) is 9.29 Å². The summed E-state index contributed by atoms with van der Waals surface area (Å²) in [6.45, 7) is 12.9. The van der Waals surface area contributed by atoms with Gasteiger partial charge < -0.3 is 5.32 Å². The first kappa shape index (κ1) is 26.6. The second kappa shape index (κ2) is 9.96. The monoisotopic (exact) mass is 505 g/mol. The number of carbonyl (C=O) groups excluding carboxylic acids is 1. The van der Waals surface area contributed by atoms with E-state index in [2.05, 4.69) is 37.1 Å². The van der Waals surface area contributed by atoms with Crippen molar-refractivity contribution in [2.24, 2.45) is 5.41 Å². The van der Waals surface area contributed by atoms with E-state index < -0.39 is 10.0 Å². The topological polar surface area (TPSA) is 79.4 Å². The molecule has 2 aromatic rings. The molecule has 1 aliphatic carbocycles. The minimum atomic E-state index is -2.99. The Morgan fingerprint density at radius 3 is 2.38 bits per heavy atom. The smallest absolute Gasteiger partial charge is 0.213 e. The first-order valence-electron chi connectivity index (χ1n) is 11.7. The normalized spacial score (nSPS) is 17.9. The summed E-state index contributed by atoms with van der Waals surface area (Å²) in [6, 6.07) is 7.97. The molecule has 2 fully saturated rings. The van der Waals surface area contributed by atoms with Crippen molar-refractivity contribution in [3.63, 3.8) is 0 Å². The molecule has 1 aliphatic heterocycles. The summed E-state index contributed by atoms with van der Waals surface area (Å²) in [5.74, 6) is 0.297. The highest BCUT2D eigenvalue weighted by Gasteiger charge is 2.55. The molecule has 0 unspecified atom stereocenters. The van der Waals surface area contributed by atoms with Gasteiger partial charge >= 0.3 is 0 Å². The maximum atomic E-state index is 11.7. The van der Waals surface area contributed by atoms with Crippen molar-refractivity contribution in [1.29, 1.82) is 0 Å². The van der Waals surface area contributed by atoms with Crippen LogP contribution >= 0.6 is 11.6 Å². The standard InChI is InChI=1S/C14H21N3O2S.C12H15ClO/c1-3-20(18,19)17-9-14(10-17)5-13(6-14)16-12-4-11(2)7-15-8-12;1-8(14)10-6-5-9(13)7-11(10)12(2,3)4/h4,7-8,13,16H,3,5-6,9-10H2,1-2H3;5-7H,1-4H3. The number of carbonyl (C=O) groups is 1. The molecule has 1 N–H and O–H groups in total. The van der Waals surface area contributed by atoms with Crippen LogP contribution in [0.3, 0.4) is 0 Å². The number of pyridine rings is 1. The van der Waals surface area contributed by atoms with Crippen molar-refractivity contribution in [3.8, 4) is 0 Å². The van der Waals surface area contributed by atoms with Gasteiger partial charge in [0.2, 0.25) is 10.0 Å². The Morgan fingerprint density at radius 2 is 1.85 bits per heavy atom. The summed E-state index contributed by atoms with van der Waals surface area (Å²) in [5, 5.41) is 4.16. The van der Waals surface area contributed by atoms with Crippen LogP contribution in [0.4, 0.5) is 5.69 Å². The molecule has 6 nitrogen and oxygen atoms in total. The van der Waals surface area contributed by atoms with Gasteiger partial charge in [0.15, 0.2) is 5.78 Å². The Kier molecular flexibility index (Phi) is 7.80. The van der Waals surface area contributed by atoms with Gasteiger partial charge in [0.1, 0.15) is 0 Å². The molecule has 0 radical (unpaired) electrons. The highest BCUT2D eigenvalue weighted by Crippen LogP contribution is 2.50. The number of hydrogen-bond donors (Lipinski definition) is 1. The van der Waals surface area contributed by atoms with Gasteiger partial charge in [-0.05, 0) is 74.4 Å². The molecule has 34 heavy (non-hydrogen) atoms. The molecule has 4 rings (SSSR count). The Bertz CT molecular complexity index is 1140. The van der Waals surface area contributed by atoms with E-state index in [1.54, 1.807) is 30.3 Å². The van der Waals surface area contributed by atoms with Gasteiger partial charge in [0.25, 0.3) is 0 Å². The molecule has 1 spiro atoms. The van der Waals surface area contributed by atoms with Gasteiger partial charge in [0, 0.05) is 47.5 Å². The van der Waals surface area contributed by atoms with E-state index in [0.717, 1.165) is 35.2 Å². The fourth-order valence-corrected chi connectivity index (χ4v) is 6.22. The summed E-state index contributed by atoms with van der Waals surface area (Å²) in [6.07, 6.45) is 5.78. The van der Waals surface area contributed by atoms with E-state index in [1.165, 1.54) is 0 Å². The fraction of sp³-hybridized carbons (Fsp3) is 0.538. The van der Waals surface area contributed by atoms with Crippen LogP contribution in [0.15, 0.2) is 36.7 Å². The molecular weight excluding hydrogens is 470 g/mol. The zero-order chi connectivity index (χ0) is 25.3. The molecule has 1 aromatic carbocycles. The number of aromatic nitrogens is 1. The summed E-state index contributed by atoms with van der Waals surface area (Å²) in [7, 11) is -2.99. The number of nitrogens with zero attached hydrogens (tertiary/aromatic N) is 2. The van der Waals surface area contributed by atoms with Gasteiger partial charge in [-0.25, -0.2) is 12.7 Å². The largest absolute Gasteiger partial charge is 0.381 e. The molecule has 1 saturated heterocycles. The van der Waals surface area contributed by atoms with Crippen LogP contribution in [-0.2, 0) is 15.4 Å². The van der Waals surface area contributed by atoms with E-state index in [-0.39, 0.29) is 22.4 Å². The van der Waals surface area contributed by atoms with Crippen LogP contribution in [0.25, 0.3) is 0 Å². The van der Waals surface area contributed by atoms with E-state index >= 15 is 0 Å². The third kappa shape index (κ3) is 6.18. The third-order valence-corrected chi connectivity index (χ3v) is 8.56. The first-order valence-corrected chi connectivity index (χ1v) is 13.7. The Labute approximate surface area is 209 Å². The molecule has 2 aliphatic rings. The fourth-order valence-electron chi connectivity index (χ4n) is 4.74. The average molecular weight is 506 g/mol. The average Bonchev–Trinajstić information content (AvgIpc) is 2.68. The van der Waals surface area contributed by atoms with E-state index in [9.17, 15) is 13.2 Å². The maximum absolute atomic E-state index is 11.7. The minimum absolute atomic E-state index is 0.0497. The maximum Gasteiger partial charge on any atom is 0.213 e. The van der Waals surface area contributed by atoms with Gasteiger partial charge in [0.05, 0.1) is 11.4 Å². The van der Waals surface area contributed by atoms with Crippen molar-refractivity contribution >= 4 is 33.1 Å². The predicted octanol–water partition coefficient (Wildman–Crippen LogP) is 5.46. The van der Waals surface area contributed by atoms with Gasteiger partial charge in [-0.1, -0.05) is 32.4 Å². The second-order valence-corrected chi connectivity index (χ2v) is 13.4. The molecule has 8 heteroatoms. The summed E-state index contributed by atoms with van der Waals surface area (Å²) in [5.41, 5.74) is 4.16. The number of benzene rings is 1. The Balaban J connectivity index is 0.000000204. The van der Waals surface area contributed by atoms with Crippen LogP contribution in [-0.4, -0.2) is 48.4 Å². The van der Waals surface area contributed by atoms with Crippen LogP contribution in [0.2, 0.25) is 5.02 Å². The highest BCUT2D eigenvalue weighted by molar-refractivity contribution is 7.89. The summed E-state index contributed by atoms with van der Waals surface area (Å²) < 4.78 is 25.1. The van der Waals surface area contributed by atoms with E-state index in [4.69, 9.17) is 11.6 Å². The zero-order valence-electron chi connectivity index (χ0n) is 21.0. The molecule has 2 heterocycles. The van der Waals surface area contributed by atoms with Crippen molar-refractivity contribution in [2.45, 2.75) is 65.8 Å². The molecule has 0 atom stereocenters. The SMILES string of the molecule is CC(=O)c1ccc(Cl)cc1C(C)(C)C.CCS(=O)(=O)N1CC2(CC(Nc3cncc(C)c3)C2)C1. The molecule has 1 aromatic heterocycles. The van der Waals surface area contributed by atoms with Crippen LogP contribution < -0.4 is 5.32 Å². The van der Waals surface area contributed by atoms with Crippen LogP contribution in [0.1, 0.15) is 68.9 Å². The van der Waals surface area contributed by atoms with Gasteiger partial charge in [-0.2, -0.15) is 0 Å². The predicted molar refractivity (Wildman–Crippen MR) is 139 cm³/mol. The number of Topliss-reactive ketones (excluding diaryl/α,β-unsaturated/α-hetero) is 1. The minimum Gasteiger partial charge on any atom is -0.381 e. The van der Waals surface area contributed by atoms with Crippen molar-refractivity contribution in [3.05, 3.63) is 58.4 Å². The number of rotatable bonds is 5. The second-order valence-electron chi connectivity index (χ2n) is 10.7. The Hall–Kier alpha value is -1.96. The number of ketones is 1. The lowest BCUT2D eigenvalue weighted by Crippen LogP contribution is -2.66. The number of anilines is 1. The number of hydrogen-bond acceptors (Lipinski definition) is 5. The van der Waals surface area contributed by atoms with Crippen LogP contribution in [0.5, 0.6) is 0 Å². The number of halogens is 1. The summed E-state index contributed by atoms with van der Waals surface area (Å²) in [4.78, 5) is 15.6. The number of aryl methyl sites for hydroxylation is 1. The molecule has 186 valence electrons. The quantitative estimate of drug-likeness (QED) is 0.546. The highest BCUT2D eigenvalue weighted by atomic mass is 35.5. The first-order chi connectivity index (χ1) is 15.7. The molecule has 0 bridgehead atoms. The van der Waals surface area contributed by atoms with Crippen molar-refractivity contribution < 1.29 is 13.2 Å². The Morgan fingerprint density at radius 1 is 1.21 bits per heavy atom. The lowest BCUT2D eigenvalue weighted by Gasteiger charge is -2.58. The van der Waals surface area contributed by atoms with Gasteiger partial charge in [-0.15, -0.1) is 0 Å².